The lowest BCUT2D eigenvalue weighted by Crippen LogP contribution is -2.32. The smallest absolute Gasteiger partial charge is 0.368 e. The average Bonchev–Trinajstić information content (AvgIpc) is 3.04. The van der Waals surface area contributed by atoms with Crippen LogP contribution in [-0.2, 0) is 16.2 Å². The van der Waals surface area contributed by atoms with Crippen molar-refractivity contribution in [3.8, 4) is 11.1 Å². The van der Waals surface area contributed by atoms with E-state index in [9.17, 15) is 21.6 Å². The van der Waals surface area contributed by atoms with E-state index in [4.69, 9.17) is 0 Å². The third-order valence-electron chi connectivity index (χ3n) is 4.76. The minimum absolute atomic E-state index is 0.0991. The predicted octanol–water partition coefficient (Wildman–Crippen LogP) is 3.42. The van der Waals surface area contributed by atoms with Crippen molar-refractivity contribution < 1.29 is 21.6 Å². The lowest BCUT2D eigenvalue weighted by molar-refractivity contribution is -0.137. The Morgan fingerprint density at radius 2 is 1.90 bits per heavy atom. The van der Waals surface area contributed by atoms with E-state index >= 15 is 0 Å². The molecule has 0 aliphatic carbocycles. The number of hydrogen-bond acceptors (Lipinski definition) is 5. The molecule has 1 aliphatic heterocycles. The highest BCUT2D eigenvalue weighted by Gasteiger charge is 2.30. The van der Waals surface area contributed by atoms with Crippen LogP contribution >= 0.6 is 0 Å². The molecule has 0 spiro atoms. The largest absolute Gasteiger partial charge is 0.416 e. The van der Waals surface area contributed by atoms with Crippen LogP contribution in [0.5, 0.6) is 0 Å². The fourth-order valence-corrected chi connectivity index (χ4v) is 4.72. The minimum Gasteiger partial charge on any atom is -0.368 e. The molecule has 1 aliphatic rings. The molecule has 0 amide bonds. The lowest BCUT2D eigenvalue weighted by Gasteiger charge is -2.14. The topological polar surface area (TPSA) is 84.0 Å². The van der Waals surface area contributed by atoms with Gasteiger partial charge in [0.05, 0.1) is 16.8 Å². The van der Waals surface area contributed by atoms with Gasteiger partial charge in [-0.25, -0.2) is 18.1 Å². The number of nitrogens with zero attached hydrogens (tertiary/aromatic N) is 2. The Bertz CT molecular complexity index is 1150. The van der Waals surface area contributed by atoms with E-state index in [2.05, 4.69) is 20.0 Å². The van der Waals surface area contributed by atoms with E-state index in [0.29, 0.717) is 40.8 Å². The van der Waals surface area contributed by atoms with Crippen LogP contribution in [0.4, 0.5) is 19.0 Å². The van der Waals surface area contributed by atoms with Crippen LogP contribution < -0.4 is 10.0 Å². The molecule has 1 atom stereocenters. The minimum atomic E-state index is -4.40. The quantitative estimate of drug-likeness (QED) is 0.673. The van der Waals surface area contributed by atoms with Crippen molar-refractivity contribution in [3.05, 3.63) is 54.4 Å². The van der Waals surface area contributed by atoms with Gasteiger partial charge >= 0.3 is 6.18 Å². The van der Waals surface area contributed by atoms with Gasteiger partial charge in [0, 0.05) is 35.9 Å². The molecule has 2 aromatic heterocycles. The summed E-state index contributed by atoms with van der Waals surface area (Å²) in [5.74, 6) is 0.636. The standard InChI is InChI=1S/C19H17F3N4O2S/c20-19(21,22)13-5-3-12(4-6-13)16-11-25-18(15-2-1-8-23-17(15)16)24-10-14-7-9-29(27,28)26-14/h1-6,8,11,14,26H,7,9-10H2,(H,24,25). The van der Waals surface area contributed by atoms with Crippen molar-refractivity contribution >= 4 is 26.7 Å². The zero-order valence-electron chi connectivity index (χ0n) is 15.1. The third kappa shape index (κ3) is 4.18. The van der Waals surface area contributed by atoms with Gasteiger partial charge in [-0.15, -0.1) is 0 Å². The summed E-state index contributed by atoms with van der Waals surface area (Å²) in [6.45, 7) is 0.371. The molecule has 0 radical (unpaired) electrons. The van der Waals surface area contributed by atoms with Crippen molar-refractivity contribution in [2.75, 3.05) is 17.6 Å². The number of sulfonamides is 1. The molecule has 4 rings (SSSR count). The first-order valence-corrected chi connectivity index (χ1v) is 10.5. The third-order valence-corrected chi connectivity index (χ3v) is 6.23. The van der Waals surface area contributed by atoms with Gasteiger partial charge in [0.15, 0.2) is 0 Å². The summed E-state index contributed by atoms with van der Waals surface area (Å²) < 4.78 is 64.1. The van der Waals surface area contributed by atoms with Gasteiger partial charge in [-0.2, -0.15) is 13.2 Å². The maximum absolute atomic E-state index is 12.8. The zero-order chi connectivity index (χ0) is 20.6. The number of anilines is 1. The Kier molecular flexibility index (Phi) is 4.91. The van der Waals surface area contributed by atoms with Gasteiger partial charge in [-0.05, 0) is 36.2 Å². The molecule has 0 bridgehead atoms. The molecule has 1 aromatic carbocycles. The summed E-state index contributed by atoms with van der Waals surface area (Å²) in [4.78, 5) is 8.78. The highest BCUT2D eigenvalue weighted by Crippen LogP contribution is 2.33. The van der Waals surface area contributed by atoms with Gasteiger partial charge in [0.25, 0.3) is 0 Å². The number of rotatable bonds is 4. The normalized spacial score (nSPS) is 18.8. The molecule has 3 aromatic rings. The summed E-state index contributed by atoms with van der Waals surface area (Å²) in [6, 6.07) is 8.19. The van der Waals surface area contributed by atoms with Crippen LogP contribution in [0, 0.1) is 0 Å². The Balaban J connectivity index is 1.63. The van der Waals surface area contributed by atoms with Crippen molar-refractivity contribution in [3.63, 3.8) is 0 Å². The first-order chi connectivity index (χ1) is 13.7. The maximum atomic E-state index is 12.8. The lowest BCUT2D eigenvalue weighted by atomic mass is 10.0. The number of benzene rings is 1. The number of pyridine rings is 2. The summed E-state index contributed by atoms with van der Waals surface area (Å²) in [7, 11) is -3.20. The molecule has 2 N–H and O–H groups in total. The van der Waals surface area contributed by atoms with E-state index in [0.717, 1.165) is 12.1 Å². The fourth-order valence-electron chi connectivity index (χ4n) is 3.29. The van der Waals surface area contributed by atoms with Crippen molar-refractivity contribution in [2.45, 2.75) is 18.6 Å². The number of aromatic nitrogens is 2. The van der Waals surface area contributed by atoms with Crippen molar-refractivity contribution in [2.24, 2.45) is 0 Å². The van der Waals surface area contributed by atoms with Crippen LogP contribution in [-0.4, -0.2) is 36.7 Å². The Morgan fingerprint density at radius 3 is 2.55 bits per heavy atom. The van der Waals surface area contributed by atoms with Crippen LogP contribution in [0.1, 0.15) is 12.0 Å². The van der Waals surface area contributed by atoms with Crippen LogP contribution in [0.25, 0.3) is 22.0 Å². The summed E-state index contributed by atoms with van der Waals surface area (Å²) in [5.41, 5.74) is 1.06. The highest BCUT2D eigenvalue weighted by molar-refractivity contribution is 7.89. The second-order valence-corrected chi connectivity index (χ2v) is 8.67. The molecular formula is C19H17F3N4O2S. The molecule has 6 nitrogen and oxygen atoms in total. The van der Waals surface area contributed by atoms with Gasteiger partial charge in [0.2, 0.25) is 10.0 Å². The van der Waals surface area contributed by atoms with Gasteiger partial charge < -0.3 is 5.32 Å². The SMILES string of the molecule is O=S1(=O)CCC(CNc2ncc(-c3ccc(C(F)(F)F)cc3)c3ncccc23)N1. The van der Waals surface area contributed by atoms with Gasteiger partial charge in [-0.1, -0.05) is 12.1 Å². The molecule has 1 unspecified atom stereocenters. The second-order valence-electron chi connectivity index (χ2n) is 6.80. The molecule has 0 saturated carbocycles. The number of alkyl halides is 3. The van der Waals surface area contributed by atoms with Crippen LogP contribution in [0.2, 0.25) is 0 Å². The van der Waals surface area contributed by atoms with Crippen LogP contribution in [0.3, 0.4) is 0 Å². The van der Waals surface area contributed by atoms with E-state index in [-0.39, 0.29) is 11.8 Å². The van der Waals surface area contributed by atoms with Gasteiger partial charge in [-0.3, -0.25) is 4.98 Å². The predicted molar refractivity (Wildman–Crippen MR) is 104 cm³/mol. The first-order valence-electron chi connectivity index (χ1n) is 8.88. The van der Waals surface area contributed by atoms with Gasteiger partial charge in [0.1, 0.15) is 5.82 Å². The first kappa shape index (κ1) is 19.6. The molecule has 10 heteroatoms. The van der Waals surface area contributed by atoms with Crippen LogP contribution in [0.15, 0.2) is 48.8 Å². The molecule has 1 fully saturated rings. The Morgan fingerprint density at radius 1 is 1.14 bits per heavy atom. The molecule has 152 valence electrons. The van der Waals surface area contributed by atoms with E-state index < -0.39 is 21.8 Å². The number of nitrogens with one attached hydrogen (secondary N) is 2. The van der Waals surface area contributed by atoms with Crippen molar-refractivity contribution in [1.82, 2.24) is 14.7 Å². The summed E-state index contributed by atoms with van der Waals surface area (Å²) in [6.07, 6.45) is -0.730. The maximum Gasteiger partial charge on any atom is 0.416 e. The van der Waals surface area contributed by atoms with E-state index in [1.165, 1.54) is 12.1 Å². The molecule has 1 saturated heterocycles. The molecule has 29 heavy (non-hydrogen) atoms. The second kappa shape index (κ2) is 7.27. The summed E-state index contributed by atoms with van der Waals surface area (Å²) >= 11 is 0. The van der Waals surface area contributed by atoms with Crippen molar-refractivity contribution in [1.29, 1.82) is 0 Å². The molecular weight excluding hydrogens is 405 g/mol. The fraction of sp³-hybridized carbons (Fsp3) is 0.263. The highest BCUT2D eigenvalue weighted by atomic mass is 32.2. The summed E-state index contributed by atoms with van der Waals surface area (Å²) in [5, 5.41) is 3.85. The zero-order valence-corrected chi connectivity index (χ0v) is 15.9. The van der Waals surface area contributed by atoms with E-state index in [1.807, 2.05) is 6.07 Å². The Hall–Kier alpha value is -2.72. The number of halogens is 3. The van der Waals surface area contributed by atoms with E-state index in [1.54, 1.807) is 18.5 Å². The molecule has 3 heterocycles. The monoisotopic (exact) mass is 422 g/mol. The average molecular weight is 422 g/mol. The number of fused-ring (bicyclic) bond motifs is 1. The Labute approximate surface area is 165 Å². The number of hydrogen-bond donors (Lipinski definition) is 2.